The number of aryl methyl sites for hydroxylation is 1. The van der Waals surface area contributed by atoms with Gasteiger partial charge in [-0.3, -0.25) is 9.69 Å². The number of nitrogens with one attached hydrogen (secondary N) is 2. The summed E-state index contributed by atoms with van der Waals surface area (Å²) in [6.45, 7) is 7.44. The fourth-order valence-electron chi connectivity index (χ4n) is 2.38. The topological polar surface area (TPSA) is 44.4 Å². The molecule has 0 aliphatic carbocycles. The highest BCUT2D eigenvalue weighted by Crippen LogP contribution is 2.09. The quantitative estimate of drug-likeness (QED) is 0.866. The van der Waals surface area contributed by atoms with Gasteiger partial charge in [-0.05, 0) is 31.0 Å². The SMILES string of the molecule is Cc1cc(CNC(=O)CN2CCNCC2C)ccc1F. The van der Waals surface area contributed by atoms with E-state index in [-0.39, 0.29) is 11.7 Å². The van der Waals surface area contributed by atoms with E-state index in [0.717, 1.165) is 25.2 Å². The molecule has 0 saturated carbocycles. The molecule has 2 rings (SSSR count). The van der Waals surface area contributed by atoms with Crippen LogP contribution in [-0.2, 0) is 11.3 Å². The van der Waals surface area contributed by atoms with Crippen LogP contribution in [0, 0.1) is 12.7 Å². The number of halogens is 1. The third kappa shape index (κ3) is 4.02. The minimum Gasteiger partial charge on any atom is -0.351 e. The minimum absolute atomic E-state index is 0.0146. The minimum atomic E-state index is -0.213. The van der Waals surface area contributed by atoms with Gasteiger partial charge in [-0.1, -0.05) is 12.1 Å². The maximum atomic E-state index is 13.1. The average Bonchev–Trinajstić information content (AvgIpc) is 2.43. The maximum absolute atomic E-state index is 13.1. The Labute approximate surface area is 119 Å². The summed E-state index contributed by atoms with van der Waals surface area (Å²) in [5, 5.41) is 6.19. The molecule has 1 aliphatic heterocycles. The molecule has 20 heavy (non-hydrogen) atoms. The number of amides is 1. The predicted molar refractivity (Wildman–Crippen MR) is 76.9 cm³/mol. The number of nitrogens with zero attached hydrogens (tertiary/aromatic N) is 1. The molecule has 0 radical (unpaired) electrons. The van der Waals surface area contributed by atoms with Crippen molar-refractivity contribution in [2.75, 3.05) is 26.2 Å². The van der Waals surface area contributed by atoms with Crippen LogP contribution in [-0.4, -0.2) is 43.0 Å². The molecule has 0 bridgehead atoms. The Bertz CT molecular complexity index is 478. The highest BCUT2D eigenvalue weighted by molar-refractivity contribution is 5.78. The molecule has 0 spiro atoms. The summed E-state index contributed by atoms with van der Waals surface area (Å²) in [5.41, 5.74) is 1.53. The van der Waals surface area contributed by atoms with Gasteiger partial charge in [-0.25, -0.2) is 4.39 Å². The van der Waals surface area contributed by atoms with Crippen LogP contribution < -0.4 is 10.6 Å². The Morgan fingerprint density at radius 1 is 1.55 bits per heavy atom. The van der Waals surface area contributed by atoms with Crippen molar-refractivity contribution in [3.63, 3.8) is 0 Å². The van der Waals surface area contributed by atoms with Crippen molar-refractivity contribution >= 4 is 5.91 Å². The standard InChI is InChI=1S/C15H22FN3O/c1-11-7-13(3-4-14(11)16)9-18-15(20)10-19-6-5-17-8-12(19)2/h3-4,7,12,17H,5-6,8-10H2,1-2H3,(H,18,20). The molecule has 1 aromatic rings. The Balaban J connectivity index is 1.81. The summed E-state index contributed by atoms with van der Waals surface area (Å²) in [5.74, 6) is -0.199. The van der Waals surface area contributed by atoms with Crippen LogP contribution in [0.3, 0.4) is 0 Å². The first kappa shape index (κ1) is 14.9. The Morgan fingerprint density at radius 3 is 3.05 bits per heavy atom. The second-order valence-electron chi connectivity index (χ2n) is 5.38. The Morgan fingerprint density at radius 2 is 2.35 bits per heavy atom. The molecule has 1 fully saturated rings. The molecular weight excluding hydrogens is 257 g/mol. The van der Waals surface area contributed by atoms with Gasteiger partial charge in [0, 0.05) is 32.2 Å². The molecule has 1 saturated heterocycles. The van der Waals surface area contributed by atoms with Gasteiger partial charge in [-0.2, -0.15) is 0 Å². The van der Waals surface area contributed by atoms with E-state index in [1.54, 1.807) is 19.1 Å². The second-order valence-corrected chi connectivity index (χ2v) is 5.38. The lowest BCUT2D eigenvalue weighted by Crippen LogP contribution is -2.52. The van der Waals surface area contributed by atoms with E-state index in [1.807, 2.05) is 0 Å². The number of hydrogen-bond acceptors (Lipinski definition) is 3. The lowest BCUT2D eigenvalue weighted by atomic mass is 10.1. The summed E-state index contributed by atoms with van der Waals surface area (Å²) in [7, 11) is 0. The monoisotopic (exact) mass is 279 g/mol. The van der Waals surface area contributed by atoms with E-state index in [4.69, 9.17) is 0 Å². The van der Waals surface area contributed by atoms with Crippen molar-refractivity contribution in [2.24, 2.45) is 0 Å². The fourth-order valence-corrected chi connectivity index (χ4v) is 2.38. The van der Waals surface area contributed by atoms with E-state index in [0.29, 0.717) is 24.7 Å². The number of carbonyl (C=O) groups is 1. The third-order valence-electron chi connectivity index (χ3n) is 3.70. The number of carbonyl (C=O) groups excluding carboxylic acids is 1. The molecule has 2 N–H and O–H groups in total. The van der Waals surface area contributed by atoms with Crippen molar-refractivity contribution < 1.29 is 9.18 Å². The van der Waals surface area contributed by atoms with Gasteiger partial charge in [0.25, 0.3) is 0 Å². The van der Waals surface area contributed by atoms with E-state index in [9.17, 15) is 9.18 Å². The highest BCUT2D eigenvalue weighted by atomic mass is 19.1. The molecule has 110 valence electrons. The van der Waals surface area contributed by atoms with Gasteiger partial charge in [0.1, 0.15) is 5.82 Å². The first-order valence-electron chi connectivity index (χ1n) is 7.03. The van der Waals surface area contributed by atoms with Gasteiger partial charge < -0.3 is 10.6 Å². The highest BCUT2D eigenvalue weighted by Gasteiger charge is 2.19. The van der Waals surface area contributed by atoms with Crippen LogP contribution in [0.25, 0.3) is 0 Å². The summed E-state index contributed by atoms with van der Waals surface area (Å²) in [6.07, 6.45) is 0. The average molecular weight is 279 g/mol. The molecule has 4 nitrogen and oxygen atoms in total. The lowest BCUT2D eigenvalue weighted by molar-refractivity contribution is -0.123. The summed E-state index contributed by atoms with van der Waals surface area (Å²) in [6, 6.07) is 5.29. The molecule has 1 unspecified atom stereocenters. The zero-order valence-electron chi connectivity index (χ0n) is 12.1. The van der Waals surface area contributed by atoms with Crippen LogP contribution in [0.15, 0.2) is 18.2 Å². The maximum Gasteiger partial charge on any atom is 0.234 e. The molecular formula is C15H22FN3O. The molecule has 1 atom stereocenters. The molecule has 1 aliphatic rings. The zero-order valence-corrected chi connectivity index (χ0v) is 12.1. The largest absolute Gasteiger partial charge is 0.351 e. The number of rotatable bonds is 4. The molecule has 1 amide bonds. The van der Waals surface area contributed by atoms with E-state index < -0.39 is 0 Å². The smallest absolute Gasteiger partial charge is 0.234 e. The van der Waals surface area contributed by atoms with Gasteiger partial charge in [0.05, 0.1) is 6.54 Å². The summed E-state index contributed by atoms with van der Waals surface area (Å²) >= 11 is 0. The van der Waals surface area contributed by atoms with Crippen LogP contribution >= 0.6 is 0 Å². The predicted octanol–water partition coefficient (Wildman–Crippen LogP) is 1.04. The van der Waals surface area contributed by atoms with Crippen LogP contribution in [0.4, 0.5) is 4.39 Å². The van der Waals surface area contributed by atoms with Crippen molar-refractivity contribution in [3.05, 3.63) is 35.1 Å². The number of piperazine rings is 1. The first-order chi connectivity index (χ1) is 9.56. The first-order valence-corrected chi connectivity index (χ1v) is 7.03. The molecule has 0 aromatic heterocycles. The van der Waals surface area contributed by atoms with E-state index >= 15 is 0 Å². The molecule has 1 heterocycles. The Kier molecular flexibility index (Phi) is 5.09. The van der Waals surface area contributed by atoms with Gasteiger partial charge >= 0.3 is 0 Å². The van der Waals surface area contributed by atoms with Gasteiger partial charge in [-0.15, -0.1) is 0 Å². The number of benzene rings is 1. The van der Waals surface area contributed by atoms with Crippen LogP contribution in [0.2, 0.25) is 0 Å². The normalized spacial score (nSPS) is 19.9. The van der Waals surface area contributed by atoms with Gasteiger partial charge in [0.15, 0.2) is 0 Å². The van der Waals surface area contributed by atoms with Crippen molar-refractivity contribution in [1.82, 2.24) is 15.5 Å². The van der Waals surface area contributed by atoms with E-state index in [1.165, 1.54) is 6.07 Å². The molecule has 5 heteroatoms. The van der Waals surface area contributed by atoms with Gasteiger partial charge in [0.2, 0.25) is 5.91 Å². The zero-order chi connectivity index (χ0) is 14.5. The van der Waals surface area contributed by atoms with Crippen LogP contribution in [0.5, 0.6) is 0 Å². The number of hydrogen-bond donors (Lipinski definition) is 2. The van der Waals surface area contributed by atoms with Crippen molar-refractivity contribution in [2.45, 2.75) is 26.4 Å². The second kappa shape index (κ2) is 6.81. The Hall–Kier alpha value is -1.46. The summed E-state index contributed by atoms with van der Waals surface area (Å²) in [4.78, 5) is 14.1. The van der Waals surface area contributed by atoms with Crippen molar-refractivity contribution in [3.8, 4) is 0 Å². The third-order valence-corrected chi connectivity index (χ3v) is 3.70. The van der Waals surface area contributed by atoms with Crippen LogP contribution in [0.1, 0.15) is 18.1 Å². The summed E-state index contributed by atoms with van der Waals surface area (Å²) < 4.78 is 13.1. The lowest BCUT2D eigenvalue weighted by Gasteiger charge is -2.33. The molecule has 1 aromatic carbocycles. The fraction of sp³-hybridized carbons (Fsp3) is 0.533. The van der Waals surface area contributed by atoms with Crippen molar-refractivity contribution in [1.29, 1.82) is 0 Å². The van der Waals surface area contributed by atoms with E-state index in [2.05, 4.69) is 22.5 Å².